The molecule has 0 aliphatic carbocycles. The fourth-order valence-electron chi connectivity index (χ4n) is 1.57. The molecule has 0 aliphatic rings. The molecule has 0 unspecified atom stereocenters. The number of hydrogen-bond donors (Lipinski definition) is 2. The molecule has 100 valence electrons. The molecule has 6 heteroatoms. The Morgan fingerprint density at radius 2 is 2.37 bits per heavy atom. The highest BCUT2D eigenvalue weighted by Crippen LogP contribution is 2.24. The molecule has 1 heterocycles. The minimum Gasteiger partial charge on any atom is -0.395 e. The zero-order valence-corrected chi connectivity index (χ0v) is 11.4. The van der Waals surface area contributed by atoms with Gasteiger partial charge in [-0.05, 0) is 12.1 Å². The number of amides is 2. The van der Waals surface area contributed by atoms with Crippen LogP contribution in [-0.2, 0) is 0 Å². The van der Waals surface area contributed by atoms with Crippen molar-refractivity contribution in [2.75, 3.05) is 25.5 Å². The van der Waals surface area contributed by atoms with Gasteiger partial charge in [-0.15, -0.1) is 11.3 Å². The van der Waals surface area contributed by atoms with Crippen LogP contribution < -0.4 is 5.32 Å². The molecule has 0 radical (unpaired) electrons. The predicted octanol–water partition coefficient (Wildman–Crippen LogP) is 2.27. The normalized spacial score (nSPS) is 10.2. The summed E-state index contributed by atoms with van der Waals surface area (Å²) in [6.07, 6.45) is 1.75. The largest absolute Gasteiger partial charge is 0.395 e. The van der Waals surface area contributed by atoms with Gasteiger partial charge in [0.1, 0.15) is 5.01 Å². The molecule has 0 fully saturated rings. The van der Waals surface area contributed by atoms with Crippen molar-refractivity contribution in [3.63, 3.8) is 0 Å². The van der Waals surface area contributed by atoms with Gasteiger partial charge >= 0.3 is 6.03 Å². The zero-order chi connectivity index (χ0) is 13.7. The predicted molar refractivity (Wildman–Crippen MR) is 76.3 cm³/mol. The van der Waals surface area contributed by atoms with Crippen molar-refractivity contribution in [3.8, 4) is 10.6 Å². The molecule has 2 amide bonds. The Labute approximate surface area is 115 Å². The van der Waals surface area contributed by atoms with Crippen molar-refractivity contribution < 1.29 is 9.90 Å². The monoisotopic (exact) mass is 277 g/mol. The van der Waals surface area contributed by atoms with Crippen LogP contribution in [0.2, 0.25) is 0 Å². The summed E-state index contributed by atoms with van der Waals surface area (Å²) in [6, 6.07) is 7.28. The lowest BCUT2D eigenvalue weighted by Crippen LogP contribution is -2.33. The molecule has 2 aromatic rings. The number of hydrogen-bond acceptors (Lipinski definition) is 4. The maximum atomic E-state index is 11.8. The molecule has 0 spiro atoms. The summed E-state index contributed by atoms with van der Waals surface area (Å²) in [5.74, 6) is 0. The number of rotatable bonds is 4. The van der Waals surface area contributed by atoms with E-state index in [9.17, 15) is 4.79 Å². The van der Waals surface area contributed by atoms with E-state index < -0.39 is 0 Å². The highest BCUT2D eigenvalue weighted by atomic mass is 32.1. The fraction of sp³-hybridized carbons (Fsp3) is 0.231. The molecule has 2 N–H and O–H groups in total. The third-order valence-electron chi connectivity index (χ3n) is 2.58. The van der Waals surface area contributed by atoms with Crippen LogP contribution in [0.3, 0.4) is 0 Å². The van der Waals surface area contributed by atoms with Gasteiger partial charge in [-0.3, -0.25) is 0 Å². The number of thiazole rings is 1. The fourth-order valence-corrected chi connectivity index (χ4v) is 2.20. The topological polar surface area (TPSA) is 65.5 Å². The zero-order valence-electron chi connectivity index (χ0n) is 10.5. The van der Waals surface area contributed by atoms with Crippen LogP contribution in [0, 0.1) is 0 Å². The van der Waals surface area contributed by atoms with Gasteiger partial charge in [0.05, 0.1) is 6.61 Å². The number of aliphatic hydroxyl groups excluding tert-OH is 1. The molecule has 0 atom stereocenters. The number of carbonyl (C=O) groups is 1. The summed E-state index contributed by atoms with van der Waals surface area (Å²) in [7, 11) is 1.64. The molecule has 0 bridgehead atoms. The van der Waals surface area contributed by atoms with E-state index in [1.807, 2.05) is 29.6 Å². The molecular weight excluding hydrogens is 262 g/mol. The smallest absolute Gasteiger partial charge is 0.321 e. The number of nitrogens with zero attached hydrogens (tertiary/aromatic N) is 2. The van der Waals surface area contributed by atoms with Crippen LogP contribution >= 0.6 is 11.3 Å². The summed E-state index contributed by atoms with van der Waals surface area (Å²) in [5, 5.41) is 14.4. The van der Waals surface area contributed by atoms with Crippen LogP contribution in [0.15, 0.2) is 35.8 Å². The van der Waals surface area contributed by atoms with Crippen LogP contribution in [0.5, 0.6) is 0 Å². The molecule has 0 saturated heterocycles. The van der Waals surface area contributed by atoms with Crippen molar-refractivity contribution in [2.24, 2.45) is 0 Å². The van der Waals surface area contributed by atoms with E-state index in [1.165, 1.54) is 4.90 Å². The average Bonchev–Trinajstić information content (AvgIpc) is 2.93. The first-order valence-corrected chi connectivity index (χ1v) is 6.71. The Bertz CT molecular complexity index is 543. The number of likely N-dealkylation sites (N-methyl/N-ethyl adjacent to an activating group) is 1. The van der Waals surface area contributed by atoms with Gasteiger partial charge in [0.2, 0.25) is 0 Å². The summed E-state index contributed by atoms with van der Waals surface area (Å²) in [6.45, 7) is 0.251. The second-order valence-corrected chi connectivity index (χ2v) is 4.89. The highest BCUT2D eigenvalue weighted by molar-refractivity contribution is 7.13. The van der Waals surface area contributed by atoms with Crippen molar-refractivity contribution in [1.82, 2.24) is 9.88 Å². The van der Waals surface area contributed by atoms with E-state index >= 15 is 0 Å². The summed E-state index contributed by atoms with van der Waals surface area (Å²) in [4.78, 5) is 17.5. The van der Waals surface area contributed by atoms with Gasteiger partial charge in [0.25, 0.3) is 0 Å². The van der Waals surface area contributed by atoms with Crippen molar-refractivity contribution >= 4 is 23.1 Å². The van der Waals surface area contributed by atoms with E-state index in [4.69, 9.17) is 5.11 Å². The molecule has 1 aromatic heterocycles. The minimum absolute atomic E-state index is 0.0525. The van der Waals surface area contributed by atoms with Crippen molar-refractivity contribution in [2.45, 2.75) is 0 Å². The van der Waals surface area contributed by atoms with E-state index in [0.29, 0.717) is 12.2 Å². The Kier molecular flexibility index (Phi) is 4.48. The van der Waals surface area contributed by atoms with Crippen molar-refractivity contribution in [1.29, 1.82) is 0 Å². The Hall–Kier alpha value is -1.92. The van der Waals surface area contributed by atoms with Gasteiger partial charge < -0.3 is 15.3 Å². The second kappa shape index (κ2) is 6.31. The molecule has 19 heavy (non-hydrogen) atoms. The lowest BCUT2D eigenvalue weighted by atomic mass is 10.2. The van der Waals surface area contributed by atoms with Gasteiger partial charge in [0, 0.05) is 36.4 Å². The van der Waals surface area contributed by atoms with Gasteiger partial charge in [-0.1, -0.05) is 12.1 Å². The maximum Gasteiger partial charge on any atom is 0.321 e. The highest BCUT2D eigenvalue weighted by Gasteiger charge is 2.08. The second-order valence-electron chi connectivity index (χ2n) is 3.99. The Morgan fingerprint density at radius 1 is 1.53 bits per heavy atom. The Morgan fingerprint density at radius 3 is 3.05 bits per heavy atom. The molecular formula is C13H15N3O2S. The lowest BCUT2D eigenvalue weighted by Gasteiger charge is -2.16. The number of benzene rings is 1. The SMILES string of the molecule is CN(CCO)C(=O)Nc1cccc(-c2nccs2)c1. The van der Waals surface area contributed by atoms with E-state index in [0.717, 1.165) is 10.6 Å². The molecule has 2 rings (SSSR count). The molecule has 1 aromatic carbocycles. The summed E-state index contributed by atoms with van der Waals surface area (Å²) >= 11 is 1.55. The molecule has 0 aliphatic heterocycles. The Balaban J connectivity index is 2.09. The summed E-state index contributed by atoms with van der Waals surface area (Å²) in [5.41, 5.74) is 1.68. The third-order valence-corrected chi connectivity index (χ3v) is 3.40. The first-order valence-electron chi connectivity index (χ1n) is 5.83. The van der Waals surface area contributed by atoms with Gasteiger partial charge in [0.15, 0.2) is 0 Å². The van der Waals surface area contributed by atoms with Crippen LogP contribution in [0.1, 0.15) is 0 Å². The van der Waals surface area contributed by atoms with Crippen molar-refractivity contribution in [3.05, 3.63) is 35.8 Å². The third kappa shape index (κ3) is 3.52. The number of nitrogens with one attached hydrogen (secondary N) is 1. The summed E-state index contributed by atoms with van der Waals surface area (Å²) < 4.78 is 0. The van der Waals surface area contributed by atoms with Gasteiger partial charge in [-0.25, -0.2) is 9.78 Å². The number of anilines is 1. The van der Waals surface area contributed by atoms with E-state index in [-0.39, 0.29) is 12.6 Å². The standard InChI is InChI=1S/C13H15N3O2S/c1-16(6-7-17)13(18)15-11-4-2-3-10(9-11)12-14-5-8-19-12/h2-5,8-9,17H,6-7H2,1H3,(H,15,18). The maximum absolute atomic E-state index is 11.8. The average molecular weight is 277 g/mol. The number of urea groups is 1. The number of aromatic nitrogens is 1. The van der Waals surface area contributed by atoms with Crippen LogP contribution in [-0.4, -0.2) is 41.2 Å². The number of aliphatic hydroxyl groups is 1. The quantitative estimate of drug-likeness (QED) is 0.901. The van der Waals surface area contributed by atoms with Gasteiger partial charge in [-0.2, -0.15) is 0 Å². The van der Waals surface area contributed by atoms with Crippen LogP contribution in [0.25, 0.3) is 10.6 Å². The first kappa shape index (κ1) is 13.5. The van der Waals surface area contributed by atoms with Crippen LogP contribution in [0.4, 0.5) is 10.5 Å². The molecule has 0 saturated carbocycles. The lowest BCUT2D eigenvalue weighted by molar-refractivity contribution is 0.202. The first-order chi connectivity index (χ1) is 9.20. The number of carbonyl (C=O) groups excluding carboxylic acids is 1. The van der Waals surface area contributed by atoms with E-state index in [2.05, 4.69) is 10.3 Å². The minimum atomic E-state index is -0.245. The van der Waals surface area contributed by atoms with E-state index in [1.54, 1.807) is 24.6 Å². The molecule has 5 nitrogen and oxygen atoms in total.